The van der Waals surface area contributed by atoms with Gasteiger partial charge in [-0.2, -0.15) is 8.78 Å². The summed E-state index contributed by atoms with van der Waals surface area (Å²) in [4.78, 5) is 12.6. The number of ether oxygens (including phenoxy) is 2. The molecule has 3 fully saturated rings. The monoisotopic (exact) mass is 351 g/mol. The Morgan fingerprint density at radius 3 is 2.80 bits per heavy atom. The van der Waals surface area contributed by atoms with Crippen LogP contribution in [-0.2, 0) is 4.74 Å². The fourth-order valence-corrected chi connectivity index (χ4v) is 4.91. The average molecular weight is 351 g/mol. The van der Waals surface area contributed by atoms with Gasteiger partial charge in [-0.3, -0.25) is 4.79 Å². The molecule has 4 atom stereocenters. The minimum Gasteiger partial charge on any atom is -0.435 e. The minimum absolute atomic E-state index is 0.00526. The van der Waals surface area contributed by atoms with Crippen LogP contribution in [-0.4, -0.2) is 31.3 Å². The molecule has 0 bridgehead atoms. The number of amides is 1. The number of fused-ring (bicyclic) bond motifs is 1. The van der Waals surface area contributed by atoms with Crippen molar-refractivity contribution in [2.45, 2.75) is 50.9 Å². The second kappa shape index (κ2) is 6.90. The smallest absolute Gasteiger partial charge is 0.387 e. The molecular weight excluding hydrogens is 328 g/mol. The van der Waals surface area contributed by atoms with Gasteiger partial charge in [-0.25, -0.2) is 0 Å². The van der Waals surface area contributed by atoms with Crippen LogP contribution in [0.3, 0.4) is 0 Å². The molecule has 0 unspecified atom stereocenters. The Morgan fingerprint density at radius 1 is 1.24 bits per heavy atom. The second-order valence-electron chi connectivity index (χ2n) is 7.32. The van der Waals surface area contributed by atoms with E-state index in [-0.39, 0.29) is 23.8 Å². The van der Waals surface area contributed by atoms with Crippen molar-refractivity contribution in [1.29, 1.82) is 0 Å². The van der Waals surface area contributed by atoms with Crippen LogP contribution >= 0.6 is 0 Å². The van der Waals surface area contributed by atoms with Crippen LogP contribution in [0.15, 0.2) is 24.3 Å². The summed E-state index contributed by atoms with van der Waals surface area (Å²) in [6.45, 7) is -2.13. The summed E-state index contributed by atoms with van der Waals surface area (Å²) in [6, 6.07) is 6.10. The lowest BCUT2D eigenvalue weighted by atomic mass is 9.61. The Balaban J connectivity index is 1.46. The van der Waals surface area contributed by atoms with Crippen molar-refractivity contribution >= 4 is 5.91 Å². The average Bonchev–Trinajstić information content (AvgIpc) is 3.23. The van der Waals surface area contributed by atoms with Crippen LogP contribution in [0.25, 0.3) is 0 Å². The van der Waals surface area contributed by atoms with Gasteiger partial charge in [0.05, 0.1) is 6.10 Å². The number of hydrogen-bond donors (Lipinski definition) is 1. The Bertz CT molecular complexity index is 628. The first kappa shape index (κ1) is 16.8. The maximum Gasteiger partial charge on any atom is 0.387 e. The predicted octanol–water partition coefficient (Wildman–Crippen LogP) is 3.61. The third-order valence-electron chi connectivity index (χ3n) is 6.00. The molecule has 0 spiro atoms. The molecule has 0 aromatic heterocycles. The Morgan fingerprint density at radius 2 is 2.04 bits per heavy atom. The van der Waals surface area contributed by atoms with Crippen molar-refractivity contribution in [2.75, 3.05) is 6.61 Å². The highest BCUT2D eigenvalue weighted by molar-refractivity contribution is 5.94. The zero-order valence-corrected chi connectivity index (χ0v) is 14.0. The van der Waals surface area contributed by atoms with Crippen molar-refractivity contribution < 1.29 is 23.0 Å². The van der Waals surface area contributed by atoms with Crippen LogP contribution in [0, 0.1) is 17.8 Å². The number of carbonyl (C=O) groups is 1. The zero-order valence-electron chi connectivity index (χ0n) is 14.0. The van der Waals surface area contributed by atoms with Gasteiger partial charge in [-0.1, -0.05) is 31.7 Å². The molecule has 0 radical (unpaired) electrons. The van der Waals surface area contributed by atoms with Crippen LogP contribution in [0.2, 0.25) is 0 Å². The number of alkyl halides is 2. The van der Waals surface area contributed by atoms with Crippen LogP contribution in [0.1, 0.15) is 42.5 Å². The van der Waals surface area contributed by atoms with E-state index in [0.717, 1.165) is 13.0 Å². The van der Waals surface area contributed by atoms with Gasteiger partial charge < -0.3 is 14.8 Å². The van der Waals surface area contributed by atoms with Gasteiger partial charge in [0.25, 0.3) is 5.91 Å². The molecule has 4 rings (SSSR count). The van der Waals surface area contributed by atoms with E-state index in [1.54, 1.807) is 12.1 Å². The molecule has 1 aromatic carbocycles. The Kier molecular flexibility index (Phi) is 4.63. The molecule has 2 aliphatic carbocycles. The van der Waals surface area contributed by atoms with Gasteiger partial charge in [-0.15, -0.1) is 0 Å². The number of halogens is 2. The van der Waals surface area contributed by atoms with Crippen molar-refractivity contribution in [3.05, 3.63) is 29.8 Å². The highest BCUT2D eigenvalue weighted by Gasteiger charge is 2.57. The molecular formula is C19H23F2NO3. The van der Waals surface area contributed by atoms with Gasteiger partial charge >= 0.3 is 6.61 Å². The van der Waals surface area contributed by atoms with Crippen LogP contribution in [0.4, 0.5) is 8.78 Å². The number of carbonyl (C=O) groups excluding carboxylic acids is 1. The summed E-state index contributed by atoms with van der Waals surface area (Å²) >= 11 is 0. The topological polar surface area (TPSA) is 47.6 Å². The third-order valence-corrected chi connectivity index (χ3v) is 6.00. The molecule has 2 saturated carbocycles. The fourth-order valence-electron chi connectivity index (χ4n) is 4.91. The van der Waals surface area contributed by atoms with Gasteiger partial charge in [0.1, 0.15) is 5.75 Å². The predicted molar refractivity (Wildman–Crippen MR) is 87.6 cm³/mol. The molecule has 136 valence electrons. The zero-order chi connectivity index (χ0) is 17.4. The maximum absolute atomic E-state index is 12.6. The second-order valence-corrected chi connectivity index (χ2v) is 7.32. The quantitative estimate of drug-likeness (QED) is 0.882. The molecule has 3 aliphatic rings. The van der Waals surface area contributed by atoms with Crippen molar-refractivity contribution in [1.82, 2.24) is 5.32 Å². The summed E-state index contributed by atoms with van der Waals surface area (Å²) in [5, 5.41) is 3.15. The fraction of sp³-hybridized carbons (Fsp3) is 0.632. The summed E-state index contributed by atoms with van der Waals surface area (Å²) < 4.78 is 35.0. The Hall–Kier alpha value is -1.69. The van der Waals surface area contributed by atoms with E-state index >= 15 is 0 Å². The summed E-state index contributed by atoms with van der Waals surface area (Å²) in [7, 11) is 0. The molecule has 1 aliphatic heterocycles. The molecule has 1 N–H and O–H groups in total. The van der Waals surface area contributed by atoms with E-state index in [2.05, 4.69) is 10.1 Å². The van der Waals surface area contributed by atoms with Gasteiger partial charge in [-0.05, 0) is 30.5 Å². The molecule has 1 heterocycles. The number of benzene rings is 1. The van der Waals surface area contributed by atoms with Crippen molar-refractivity contribution in [3.8, 4) is 5.75 Å². The lowest BCUT2D eigenvalue weighted by Gasteiger charge is -2.50. The van der Waals surface area contributed by atoms with E-state index in [1.165, 1.54) is 37.8 Å². The molecule has 1 saturated heterocycles. The number of nitrogens with one attached hydrogen (secondary N) is 1. The molecule has 1 aromatic rings. The summed E-state index contributed by atoms with van der Waals surface area (Å²) in [5.74, 6) is 1.18. The van der Waals surface area contributed by atoms with Gasteiger partial charge in [0.2, 0.25) is 0 Å². The van der Waals surface area contributed by atoms with E-state index in [0.29, 0.717) is 23.3 Å². The van der Waals surface area contributed by atoms with E-state index in [9.17, 15) is 13.6 Å². The maximum atomic E-state index is 12.6. The normalized spacial score (nSPS) is 31.6. The van der Waals surface area contributed by atoms with Gasteiger partial charge in [0, 0.05) is 30.0 Å². The lowest BCUT2D eigenvalue weighted by molar-refractivity contribution is -0.0784. The molecule has 4 nitrogen and oxygen atoms in total. The van der Waals surface area contributed by atoms with Gasteiger partial charge in [0.15, 0.2) is 0 Å². The van der Waals surface area contributed by atoms with Crippen LogP contribution in [0.5, 0.6) is 5.75 Å². The lowest BCUT2D eigenvalue weighted by Crippen LogP contribution is -2.63. The number of hydrogen-bond acceptors (Lipinski definition) is 3. The molecule has 1 amide bonds. The summed E-state index contributed by atoms with van der Waals surface area (Å²) in [6.07, 6.45) is 6.19. The minimum atomic E-state index is -2.90. The standard InChI is InChI=1S/C19H23F2NO3/c20-19(21)25-13-7-3-6-12(10-13)18(23)22-16-14-8-9-24-17(14)15(16)11-4-1-2-5-11/h3,6-7,10-11,14-17,19H,1-2,4-5,8-9H2,(H,22,23)/t14-,15+,16+,17-/m0/s1. The SMILES string of the molecule is O=C(N[C@@H]1[C@@H]2CCO[C@@H]2[C@@H]1C1CCCC1)c1cccc(OC(F)F)c1. The Labute approximate surface area is 145 Å². The first-order chi connectivity index (χ1) is 12.1. The van der Waals surface area contributed by atoms with E-state index in [1.807, 2.05) is 0 Å². The van der Waals surface area contributed by atoms with E-state index in [4.69, 9.17) is 4.74 Å². The first-order valence-corrected chi connectivity index (χ1v) is 9.11. The number of rotatable bonds is 5. The molecule has 6 heteroatoms. The highest BCUT2D eigenvalue weighted by atomic mass is 19.3. The van der Waals surface area contributed by atoms with Crippen molar-refractivity contribution in [2.24, 2.45) is 17.8 Å². The first-order valence-electron chi connectivity index (χ1n) is 9.11. The highest BCUT2D eigenvalue weighted by Crippen LogP contribution is 2.51. The molecule has 25 heavy (non-hydrogen) atoms. The third kappa shape index (κ3) is 3.24. The van der Waals surface area contributed by atoms with E-state index < -0.39 is 6.61 Å². The summed E-state index contributed by atoms with van der Waals surface area (Å²) in [5.41, 5.74) is 0.352. The van der Waals surface area contributed by atoms with Crippen LogP contribution < -0.4 is 10.1 Å². The largest absolute Gasteiger partial charge is 0.435 e. The van der Waals surface area contributed by atoms with Crippen molar-refractivity contribution in [3.63, 3.8) is 0 Å².